The third-order valence-electron chi connectivity index (χ3n) is 4.91. The molecule has 162 valence electrons. The Bertz CT molecular complexity index is 1120. The smallest absolute Gasteiger partial charge is 0.240 e. The SMILES string of the molecule is C[C@H](NC(=O)CCc1ccc(S(=O)(=O)NCc2ccccc2)cc1)c1cccc(Br)c1. The van der Waals surface area contributed by atoms with Gasteiger partial charge in [0.25, 0.3) is 0 Å². The molecule has 3 aromatic carbocycles. The van der Waals surface area contributed by atoms with Crippen molar-refractivity contribution < 1.29 is 13.2 Å². The molecule has 0 unspecified atom stereocenters. The molecule has 3 aromatic rings. The zero-order valence-corrected chi connectivity index (χ0v) is 19.6. The first-order chi connectivity index (χ1) is 14.8. The van der Waals surface area contributed by atoms with Crippen molar-refractivity contribution in [2.45, 2.75) is 37.2 Å². The zero-order valence-electron chi connectivity index (χ0n) is 17.2. The van der Waals surface area contributed by atoms with Crippen LogP contribution in [0.25, 0.3) is 0 Å². The summed E-state index contributed by atoms with van der Waals surface area (Å²) in [6, 6.07) is 23.8. The van der Waals surface area contributed by atoms with Crippen molar-refractivity contribution in [1.29, 1.82) is 0 Å². The summed E-state index contributed by atoms with van der Waals surface area (Å²) in [6.07, 6.45) is 0.867. The lowest BCUT2D eigenvalue weighted by Gasteiger charge is -2.15. The maximum atomic E-state index is 12.5. The van der Waals surface area contributed by atoms with Gasteiger partial charge in [-0.2, -0.15) is 0 Å². The average Bonchev–Trinajstić information content (AvgIpc) is 2.77. The molecule has 0 fully saturated rings. The Balaban J connectivity index is 1.51. The predicted molar refractivity (Wildman–Crippen MR) is 126 cm³/mol. The monoisotopic (exact) mass is 500 g/mol. The minimum atomic E-state index is -3.59. The highest BCUT2D eigenvalue weighted by Gasteiger charge is 2.14. The van der Waals surface area contributed by atoms with Crippen molar-refractivity contribution in [2.75, 3.05) is 0 Å². The fourth-order valence-corrected chi connectivity index (χ4v) is 4.56. The summed E-state index contributed by atoms with van der Waals surface area (Å²) in [5, 5.41) is 3.00. The second-order valence-corrected chi connectivity index (χ2v) is 9.98. The molecule has 0 saturated heterocycles. The molecule has 31 heavy (non-hydrogen) atoms. The molecule has 1 atom stereocenters. The molecular formula is C24H25BrN2O3S. The van der Waals surface area contributed by atoms with E-state index in [2.05, 4.69) is 26.0 Å². The first-order valence-corrected chi connectivity index (χ1v) is 12.3. The first-order valence-electron chi connectivity index (χ1n) is 10.0. The minimum absolute atomic E-state index is 0.0475. The van der Waals surface area contributed by atoms with E-state index in [1.165, 1.54) is 0 Å². The predicted octanol–water partition coefficient (Wildman–Crippen LogP) is 4.74. The second-order valence-electron chi connectivity index (χ2n) is 7.30. The minimum Gasteiger partial charge on any atom is -0.350 e. The largest absolute Gasteiger partial charge is 0.350 e. The molecule has 0 aliphatic rings. The zero-order chi connectivity index (χ0) is 22.3. The third-order valence-corrected chi connectivity index (χ3v) is 6.82. The number of halogens is 1. The molecule has 2 N–H and O–H groups in total. The van der Waals surface area contributed by atoms with E-state index in [4.69, 9.17) is 0 Å². The molecule has 5 nitrogen and oxygen atoms in total. The summed E-state index contributed by atoms with van der Waals surface area (Å²) in [4.78, 5) is 12.5. The highest BCUT2D eigenvalue weighted by atomic mass is 79.9. The Kier molecular flexibility index (Phi) is 8.01. The van der Waals surface area contributed by atoms with Crippen LogP contribution in [0.3, 0.4) is 0 Å². The van der Waals surface area contributed by atoms with Gasteiger partial charge in [-0.15, -0.1) is 0 Å². The number of hydrogen-bond donors (Lipinski definition) is 2. The fraction of sp³-hybridized carbons (Fsp3) is 0.208. The topological polar surface area (TPSA) is 75.3 Å². The Hall–Kier alpha value is -2.48. The number of carbonyl (C=O) groups is 1. The van der Waals surface area contributed by atoms with Crippen LogP contribution in [0.4, 0.5) is 0 Å². The van der Waals surface area contributed by atoms with Gasteiger partial charge in [0.05, 0.1) is 10.9 Å². The van der Waals surface area contributed by atoms with Gasteiger partial charge < -0.3 is 5.32 Å². The van der Waals surface area contributed by atoms with Gasteiger partial charge in [0.1, 0.15) is 0 Å². The summed E-state index contributed by atoms with van der Waals surface area (Å²) in [5.74, 6) is -0.0475. The number of nitrogens with one attached hydrogen (secondary N) is 2. The number of sulfonamides is 1. The average molecular weight is 501 g/mol. The molecule has 0 aliphatic heterocycles. The third kappa shape index (κ3) is 7.02. The number of amides is 1. The van der Waals surface area contributed by atoms with E-state index in [0.29, 0.717) is 12.8 Å². The lowest BCUT2D eigenvalue weighted by Crippen LogP contribution is -2.26. The fourth-order valence-electron chi connectivity index (χ4n) is 3.12. The van der Waals surface area contributed by atoms with Crippen molar-refractivity contribution in [1.82, 2.24) is 10.0 Å². The van der Waals surface area contributed by atoms with Crippen molar-refractivity contribution in [3.8, 4) is 0 Å². The quantitative estimate of drug-likeness (QED) is 0.445. The van der Waals surface area contributed by atoms with Crippen LogP contribution in [0, 0.1) is 0 Å². The van der Waals surface area contributed by atoms with E-state index in [0.717, 1.165) is 21.2 Å². The number of aryl methyl sites for hydroxylation is 1. The van der Waals surface area contributed by atoms with Crippen LogP contribution < -0.4 is 10.0 Å². The molecular weight excluding hydrogens is 476 g/mol. The van der Waals surface area contributed by atoms with Gasteiger partial charge in [0, 0.05) is 17.4 Å². The van der Waals surface area contributed by atoms with E-state index in [1.54, 1.807) is 24.3 Å². The summed E-state index contributed by atoms with van der Waals surface area (Å²) in [7, 11) is -3.59. The van der Waals surface area contributed by atoms with E-state index in [1.807, 2.05) is 61.5 Å². The molecule has 0 saturated carbocycles. The number of carbonyl (C=O) groups excluding carboxylic acids is 1. The van der Waals surface area contributed by atoms with Gasteiger partial charge in [-0.05, 0) is 54.3 Å². The molecule has 7 heteroatoms. The van der Waals surface area contributed by atoms with Gasteiger partial charge in [0.15, 0.2) is 0 Å². The van der Waals surface area contributed by atoms with Crippen LogP contribution in [-0.4, -0.2) is 14.3 Å². The van der Waals surface area contributed by atoms with Gasteiger partial charge in [-0.25, -0.2) is 13.1 Å². The normalized spacial score (nSPS) is 12.3. The lowest BCUT2D eigenvalue weighted by molar-refractivity contribution is -0.121. The van der Waals surface area contributed by atoms with Gasteiger partial charge in [0.2, 0.25) is 15.9 Å². The maximum absolute atomic E-state index is 12.5. The van der Waals surface area contributed by atoms with Crippen LogP contribution in [-0.2, 0) is 27.8 Å². The van der Waals surface area contributed by atoms with Crippen LogP contribution in [0.15, 0.2) is 88.2 Å². The lowest BCUT2D eigenvalue weighted by atomic mass is 10.1. The summed E-state index contributed by atoms with van der Waals surface area (Å²) >= 11 is 3.44. The Labute approximate surface area is 192 Å². The molecule has 0 radical (unpaired) electrons. The van der Waals surface area contributed by atoms with Crippen LogP contribution in [0.2, 0.25) is 0 Å². The molecule has 0 aliphatic carbocycles. The first kappa shape index (κ1) is 23.2. The van der Waals surface area contributed by atoms with Crippen molar-refractivity contribution in [3.05, 3.63) is 100 Å². The molecule has 1 amide bonds. The van der Waals surface area contributed by atoms with E-state index in [-0.39, 0.29) is 23.4 Å². The molecule has 0 heterocycles. The standard InChI is InChI=1S/C24H25BrN2O3S/c1-18(21-8-5-9-22(25)16-21)27-24(28)15-12-19-10-13-23(14-11-19)31(29,30)26-17-20-6-3-2-4-7-20/h2-11,13-14,16,18,26H,12,15,17H2,1H3,(H,27,28)/t18-/m0/s1. The van der Waals surface area contributed by atoms with E-state index in [9.17, 15) is 13.2 Å². The van der Waals surface area contributed by atoms with Crippen molar-refractivity contribution in [3.63, 3.8) is 0 Å². The summed E-state index contributed by atoms with van der Waals surface area (Å²) < 4.78 is 28.5. The molecule has 3 rings (SSSR count). The second kappa shape index (κ2) is 10.7. The van der Waals surface area contributed by atoms with Crippen LogP contribution >= 0.6 is 15.9 Å². The Morgan fingerprint density at radius 2 is 1.65 bits per heavy atom. The Morgan fingerprint density at radius 3 is 2.32 bits per heavy atom. The van der Waals surface area contributed by atoms with Crippen molar-refractivity contribution in [2.24, 2.45) is 0 Å². The van der Waals surface area contributed by atoms with Crippen LogP contribution in [0.1, 0.15) is 36.1 Å². The molecule has 0 bridgehead atoms. The summed E-state index contributed by atoms with van der Waals surface area (Å²) in [5.41, 5.74) is 2.83. The number of benzene rings is 3. The summed E-state index contributed by atoms with van der Waals surface area (Å²) in [6.45, 7) is 2.18. The Morgan fingerprint density at radius 1 is 0.935 bits per heavy atom. The van der Waals surface area contributed by atoms with E-state index < -0.39 is 10.0 Å². The van der Waals surface area contributed by atoms with Crippen LogP contribution in [0.5, 0.6) is 0 Å². The highest BCUT2D eigenvalue weighted by molar-refractivity contribution is 9.10. The van der Waals surface area contributed by atoms with Gasteiger partial charge >= 0.3 is 0 Å². The molecule has 0 aromatic heterocycles. The van der Waals surface area contributed by atoms with E-state index >= 15 is 0 Å². The molecule has 0 spiro atoms. The van der Waals surface area contributed by atoms with Gasteiger partial charge in [-0.1, -0.05) is 70.5 Å². The van der Waals surface area contributed by atoms with Crippen molar-refractivity contribution >= 4 is 31.9 Å². The van der Waals surface area contributed by atoms with Gasteiger partial charge in [-0.3, -0.25) is 4.79 Å². The highest BCUT2D eigenvalue weighted by Crippen LogP contribution is 2.18. The number of rotatable bonds is 9. The maximum Gasteiger partial charge on any atom is 0.240 e. The number of hydrogen-bond acceptors (Lipinski definition) is 3.